The van der Waals surface area contributed by atoms with Crippen LogP contribution in [0.3, 0.4) is 0 Å². The predicted molar refractivity (Wildman–Crippen MR) is 86.7 cm³/mol. The molecule has 1 atom stereocenters. The zero-order valence-corrected chi connectivity index (χ0v) is 14.7. The number of hydrogen-bond acceptors (Lipinski definition) is 1. The van der Waals surface area contributed by atoms with Gasteiger partial charge in [-0.3, -0.25) is 0 Å². The molecule has 0 aliphatic rings. The molecule has 0 amide bonds. The Bertz CT molecular complexity index is 507. The maximum absolute atomic E-state index is 3.78. The summed E-state index contributed by atoms with van der Waals surface area (Å²) in [5.74, 6) is 0. The van der Waals surface area contributed by atoms with E-state index < -0.39 is 0 Å². The molecule has 0 aliphatic heterocycles. The predicted octanol–water partition coefficient (Wildman–Crippen LogP) is 5.91. The Morgan fingerprint density at radius 1 is 1.31 bits per heavy atom. The quantitative estimate of drug-likeness (QED) is 0.377. The van der Waals surface area contributed by atoms with Gasteiger partial charge in [0, 0.05) is 17.8 Å². The maximum Gasteiger partial charge on any atom is 0.0759 e. The van der Waals surface area contributed by atoms with Gasteiger partial charge in [-0.25, -0.2) is 0 Å². The molecule has 84 valence electrons. The SMILES string of the molecule is Cc1cc(Br)c(C(Br)c2ccccc2I)s1. The minimum Gasteiger partial charge on any atom is -0.143 e. The van der Waals surface area contributed by atoms with Crippen molar-refractivity contribution >= 4 is 65.8 Å². The Labute approximate surface area is 130 Å². The topological polar surface area (TPSA) is 0 Å². The van der Waals surface area contributed by atoms with E-state index in [1.54, 1.807) is 0 Å². The number of benzene rings is 1. The molecule has 1 aromatic heterocycles. The fourth-order valence-corrected chi connectivity index (χ4v) is 5.73. The summed E-state index contributed by atoms with van der Waals surface area (Å²) in [5.41, 5.74) is 1.32. The highest BCUT2D eigenvalue weighted by atomic mass is 127. The summed E-state index contributed by atoms with van der Waals surface area (Å²) in [6, 6.07) is 10.6. The Morgan fingerprint density at radius 2 is 2.00 bits per heavy atom. The van der Waals surface area contributed by atoms with Crippen LogP contribution in [0.1, 0.15) is 20.1 Å². The lowest BCUT2D eigenvalue weighted by Gasteiger charge is -2.11. The van der Waals surface area contributed by atoms with Crippen LogP contribution >= 0.6 is 65.8 Å². The molecule has 0 radical (unpaired) electrons. The van der Waals surface area contributed by atoms with Crippen molar-refractivity contribution in [3.05, 3.63) is 53.7 Å². The molecule has 0 bridgehead atoms. The van der Waals surface area contributed by atoms with Crippen LogP contribution in [0.5, 0.6) is 0 Å². The number of hydrogen-bond donors (Lipinski definition) is 0. The minimum absolute atomic E-state index is 0.272. The Balaban J connectivity index is 2.43. The molecule has 0 nitrogen and oxygen atoms in total. The second-order valence-electron chi connectivity index (χ2n) is 3.45. The van der Waals surface area contributed by atoms with Crippen molar-refractivity contribution in [2.24, 2.45) is 0 Å². The zero-order valence-electron chi connectivity index (χ0n) is 8.51. The molecule has 0 saturated heterocycles. The lowest BCUT2D eigenvalue weighted by atomic mass is 10.1. The Hall–Kier alpha value is 0.610. The second-order valence-corrected chi connectivity index (χ2v) is 7.67. The summed E-state index contributed by atoms with van der Waals surface area (Å²) in [5, 5.41) is 0. The lowest BCUT2D eigenvalue weighted by Crippen LogP contribution is -1.93. The summed E-state index contributed by atoms with van der Waals surface area (Å²) in [7, 11) is 0. The standard InChI is InChI=1S/C12H9Br2IS/c1-7-6-9(13)12(16-7)11(14)8-4-2-3-5-10(8)15/h2-6,11H,1H3. The molecule has 0 fully saturated rings. The van der Waals surface area contributed by atoms with E-state index in [9.17, 15) is 0 Å². The van der Waals surface area contributed by atoms with E-state index in [2.05, 4.69) is 91.7 Å². The summed E-state index contributed by atoms with van der Waals surface area (Å²) in [6.45, 7) is 2.13. The molecule has 1 aromatic carbocycles. The van der Waals surface area contributed by atoms with E-state index in [1.807, 2.05) is 11.3 Å². The van der Waals surface area contributed by atoms with Gasteiger partial charge < -0.3 is 0 Å². The van der Waals surface area contributed by atoms with E-state index in [0.29, 0.717) is 0 Å². The van der Waals surface area contributed by atoms with Gasteiger partial charge in [-0.15, -0.1) is 11.3 Å². The van der Waals surface area contributed by atoms with Gasteiger partial charge in [0.15, 0.2) is 0 Å². The Morgan fingerprint density at radius 3 is 2.56 bits per heavy atom. The fraction of sp³-hybridized carbons (Fsp3) is 0.167. The van der Waals surface area contributed by atoms with Gasteiger partial charge in [-0.1, -0.05) is 34.1 Å². The number of alkyl halides is 1. The molecular weight excluding hydrogens is 463 g/mol. The summed E-state index contributed by atoms with van der Waals surface area (Å²) < 4.78 is 2.48. The smallest absolute Gasteiger partial charge is 0.0759 e. The van der Waals surface area contributed by atoms with Crippen LogP contribution in [0.25, 0.3) is 0 Å². The van der Waals surface area contributed by atoms with Crippen LogP contribution in [0, 0.1) is 10.5 Å². The third-order valence-electron chi connectivity index (χ3n) is 2.24. The van der Waals surface area contributed by atoms with Gasteiger partial charge in [-0.05, 0) is 63.1 Å². The molecule has 2 rings (SSSR count). The van der Waals surface area contributed by atoms with Gasteiger partial charge in [0.05, 0.1) is 4.83 Å². The van der Waals surface area contributed by atoms with Crippen molar-refractivity contribution in [2.75, 3.05) is 0 Å². The molecule has 0 spiro atoms. The van der Waals surface area contributed by atoms with Crippen LogP contribution < -0.4 is 0 Å². The largest absolute Gasteiger partial charge is 0.143 e. The van der Waals surface area contributed by atoms with Gasteiger partial charge in [0.25, 0.3) is 0 Å². The van der Waals surface area contributed by atoms with Crippen molar-refractivity contribution in [3.8, 4) is 0 Å². The Kier molecular flexibility index (Phi) is 4.49. The number of rotatable bonds is 2. The number of aryl methyl sites for hydroxylation is 1. The fourth-order valence-electron chi connectivity index (χ4n) is 1.50. The van der Waals surface area contributed by atoms with E-state index in [0.717, 1.165) is 0 Å². The summed E-state index contributed by atoms with van der Waals surface area (Å²) in [4.78, 5) is 2.94. The molecule has 2 aromatic rings. The maximum atomic E-state index is 3.78. The van der Waals surface area contributed by atoms with Gasteiger partial charge in [0.2, 0.25) is 0 Å². The normalized spacial score (nSPS) is 12.8. The van der Waals surface area contributed by atoms with Gasteiger partial charge >= 0.3 is 0 Å². The number of thiophene rings is 1. The van der Waals surface area contributed by atoms with Crippen LogP contribution in [-0.4, -0.2) is 0 Å². The monoisotopic (exact) mass is 470 g/mol. The first-order valence-corrected chi connectivity index (χ1v) is 8.34. The average molecular weight is 472 g/mol. The lowest BCUT2D eigenvalue weighted by molar-refractivity contribution is 1.20. The van der Waals surface area contributed by atoms with Crippen molar-refractivity contribution in [1.29, 1.82) is 0 Å². The van der Waals surface area contributed by atoms with Crippen molar-refractivity contribution in [1.82, 2.24) is 0 Å². The van der Waals surface area contributed by atoms with Crippen LogP contribution in [0.15, 0.2) is 34.8 Å². The summed E-state index contributed by atoms with van der Waals surface area (Å²) in [6.07, 6.45) is 0. The van der Waals surface area contributed by atoms with Crippen molar-refractivity contribution in [3.63, 3.8) is 0 Å². The second kappa shape index (κ2) is 5.50. The van der Waals surface area contributed by atoms with E-state index in [1.165, 1.54) is 23.4 Å². The van der Waals surface area contributed by atoms with Crippen molar-refractivity contribution in [2.45, 2.75) is 11.8 Å². The first-order valence-electron chi connectivity index (χ1n) is 4.74. The molecule has 0 N–H and O–H groups in total. The third-order valence-corrected chi connectivity index (χ3v) is 6.52. The van der Waals surface area contributed by atoms with Gasteiger partial charge in [0.1, 0.15) is 0 Å². The molecule has 1 heterocycles. The summed E-state index contributed by atoms with van der Waals surface area (Å²) >= 11 is 11.6. The van der Waals surface area contributed by atoms with Gasteiger partial charge in [-0.2, -0.15) is 0 Å². The van der Waals surface area contributed by atoms with E-state index >= 15 is 0 Å². The van der Waals surface area contributed by atoms with E-state index in [-0.39, 0.29) is 4.83 Å². The van der Waals surface area contributed by atoms with Crippen LogP contribution in [0.2, 0.25) is 0 Å². The highest BCUT2D eigenvalue weighted by Gasteiger charge is 2.17. The average Bonchev–Trinajstić information content (AvgIpc) is 2.58. The molecule has 1 unspecified atom stereocenters. The zero-order chi connectivity index (χ0) is 11.7. The molecule has 0 saturated carbocycles. The van der Waals surface area contributed by atoms with Crippen LogP contribution in [-0.2, 0) is 0 Å². The molecule has 4 heteroatoms. The van der Waals surface area contributed by atoms with E-state index in [4.69, 9.17) is 0 Å². The highest BCUT2D eigenvalue weighted by Crippen LogP contribution is 2.41. The first-order chi connectivity index (χ1) is 7.59. The number of halogens is 3. The minimum atomic E-state index is 0.272. The molecule has 16 heavy (non-hydrogen) atoms. The molecule has 0 aliphatic carbocycles. The third kappa shape index (κ3) is 2.71. The first kappa shape index (κ1) is 13.1. The van der Waals surface area contributed by atoms with Crippen molar-refractivity contribution < 1.29 is 0 Å². The van der Waals surface area contributed by atoms with Crippen LogP contribution in [0.4, 0.5) is 0 Å². The molecular formula is C12H9Br2IS. The highest BCUT2D eigenvalue weighted by molar-refractivity contribution is 14.1.